The van der Waals surface area contributed by atoms with E-state index < -0.39 is 30.4 Å². The maximum atomic E-state index is 11.4. The first-order valence-electron chi connectivity index (χ1n) is 8.32. The molecule has 4 rings (SSSR count). The molecule has 10 nitrogen and oxygen atoms in total. The number of nitrogens with zero attached hydrogens (tertiary/aromatic N) is 4. The molecule has 0 radical (unpaired) electrons. The molecule has 1 aromatic carbocycles. The molecule has 0 bridgehead atoms. The molecule has 27 heavy (non-hydrogen) atoms. The number of carbonyl (C=O) groups is 1. The van der Waals surface area contributed by atoms with Gasteiger partial charge in [-0.05, 0) is 5.56 Å². The van der Waals surface area contributed by atoms with E-state index in [1.165, 1.54) is 17.2 Å². The summed E-state index contributed by atoms with van der Waals surface area (Å²) in [4.78, 5) is 24.1. The first-order valence-corrected chi connectivity index (χ1v) is 8.32. The lowest BCUT2D eigenvalue weighted by molar-refractivity contribution is -0.134. The quantitative estimate of drug-likeness (QED) is 0.472. The molecule has 1 aliphatic rings. The summed E-state index contributed by atoms with van der Waals surface area (Å²) in [5, 5.41) is 23.4. The van der Waals surface area contributed by atoms with Crippen LogP contribution in [0.5, 0.6) is 0 Å². The highest BCUT2D eigenvalue weighted by atomic mass is 16.6. The van der Waals surface area contributed by atoms with Crippen molar-refractivity contribution in [2.24, 2.45) is 5.73 Å². The third-order valence-corrected chi connectivity index (χ3v) is 4.45. The Morgan fingerprint density at radius 2 is 1.96 bits per heavy atom. The van der Waals surface area contributed by atoms with Crippen molar-refractivity contribution in [1.29, 1.82) is 0 Å². The van der Waals surface area contributed by atoms with Crippen LogP contribution in [0.1, 0.15) is 11.8 Å². The van der Waals surface area contributed by atoms with Gasteiger partial charge in [-0.25, -0.2) is 15.0 Å². The summed E-state index contributed by atoms with van der Waals surface area (Å²) in [6.45, 7) is 0.546. The minimum Gasteiger partial charge on any atom is -0.387 e. The maximum Gasteiger partial charge on any atom is 0.249 e. The highest BCUT2D eigenvalue weighted by molar-refractivity contribution is 5.83. The molecule has 0 unspecified atom stereocenters. The van der Waals surface area contributed by atoms with Crippen LogP contribution < -0.4 is 11.1 Å². The Bertz CT molecular complexity index is 962. The lowest BCUT2D eigenvalue weighted by Gasteiger charge is -2.16. The largest absolute Gasteiger partial charge is 0.387 e. The van der Waals surface area contributed by atoms with E-state index in [1.54, 1.807) is 0 Å². The van der Waals surface area contributed by atoms with Gasteiger partial charge in [-0.2, -0.15) is 0 Å². The zero-order chi connectivity index (χ0) is 19.0. The normalized spacial score (nSPS) is 25.0. The summed E-state index contributed by atoms with van der Waals surface area (Å²) in [7, 11) is 0. The van der Waals surface area contributed by atoms with Gasteiger partial charge in [0.15, 0.2) is 29.3 Å². The maximum absolute atomic E-state index is 11.4. The highest BCUT2D eigenvalue weighted by Crippen LogP contribution is 2.32. The molecule has 3 heterocycles. The van der Waals surface area contributed by atoms with Gasteiger partial charge < -0.3 is 26.0 Å². The molecule has 0 saturated carbocycles. The number of fused-ring (bicyclic) bond motifs is 1. The third-order valence-electron chi connectivity index (χ3n) is 4.45. The number of nitrogens with two attached hydrogens (primary N) is 1. The number of hydrogen-bond donors (Lipinski definition) is 4. The average Bonchev–Trinajstić information content (AvgIpc) is 3.23. The number of benzene rings is 1. The van der Waals surface area contributed by atoms with Gasteiger partial charge in [0.25, 0.3) is 0 Å². The molecule has 10 heteroatoms. The van der Waals surface area contributed by atoms with E-state index in [4.69, 9.17) is 10.5 Å². The summed E-state index contributed by atoms with van der Waals surface area (Å²) in [5.41, 5.74) is 7.14. The fraction of sp³-hybridized carbons (Fsp3) is 0.294. The number of imidazole rings is 1. The first kappa shape index (κ1) is 17.3. The molecular weight excluding hydrogens is 352 g/mol. The zero-order valence-corrected chi connectivity index (χ0v) is 14.1. The molecule has 140 valence electrons. The van der Waals surface area contributed by atoms with Gasteiger partial charge in [-0.1, -0.05) is 30.3 Å². The molecule has 2 aromatic heterocycles. The van der Waals surface area contributed by atoms with E-state index in [2.05, 4.69) is 20.3 Å². The lowest BCUT2D eigenvalue weighted by atomic mass is 10.1. The number of carbonyl (C=O) groups excluding carboxylic acids is 1. The number of amides is 1. The van der Waals surface area contributed by atoms with Crippen LogP contribution in [-0.2, 0) is 16.1 Å². The van der Waals surface area contributed by atoms with Crippen LogP contribution in [0.15, 0.2) is 43.0 Å². The smallest absolute Gasteiger partial charge is 0.249 e. The van der Waals surface area contributed by atoms with Crippen LogP contribution in [0.3, 0.4) is 0 Å². The number of aliphatic hydroxyl groups excluding tert-OH is 2. The van der Waals surface area contributed by atoms with Crippen LogP contribution in [0.2, 0.25) is 0 Å². The number of primary amides is 1. The van der Waals surface area contributed by atoms with Gasteiger partial charge in [0.2, 0.25) is 5.91 Å². The Hall–Kier alpha value is -3.08. The van der Waals surface area contributed by atoms with E-state index in [0.717, 1.165) is 5.56 Å². The van der Waals surface area contributed by atoms with E-state index in [1.807, 2.05) is 30.3 Å². The van der Waals surface area contributed by atoms with Gasteiger partial charge in [0, 0.05) is 6.54 Å². The Kier molecular flexibility index (Phi) is 4.44. The second-order valence-corrected chi connectivity index (χ2v) is 6.22. The molecule has 0 spiro atoms. The summed E-state index contributed by atoms with van der Waals surface area (Å²) in [6, 6.07) is 9.80. The number of ether oxygens (including phenoxy) is 1. The van der Waals surface area contributed by atoms with Crippen molar-refractivity contribution in [3.63, 3.8) is 0 Å². The minimum atomic E-state index is -1.43. The Morgan fingerprint density at radius 1 is 1.19 bits per heavy atom. The topological polar surface area (TPSA) is 148 Å². The zero-order valence-electron chi connectivity index (χ0n) is 14.1. The predicted molar refractivity (Wildman–Crippen MR) is 94.2 cm³/mol. The summed E-state index contributed by atoms with van der Waals surface area (Å²) in [5.74, 6) is -0.338. The van der Waals surface area contributed by atoms with E-state index in [-0.39, 0.29) is 0 Å². The number of hydrogen-bond acceptors (Lipinski definition) is 8. The van der Waals surface area contributed by atoms with Gasteiger partial charge >= 0.3 is 0 Å². The van der Waals surface area contributed by atoms with E-state index >= 15 is 0 Å². The molecule has 5 N–H and O–H groups in total. The standard InChI is InChI=1S/C17H18N6O4/c18-14(26)13-11(24)12(25)17(27-13)23-8-22-10-15(20-7-21-16(10)23)19-6-9-4-2-1-3-5-9/h1-5,7-8,11-13,17,24-25H,6H2,(H2,18,26)(H,19,20,21)/t11-,12+,13-,17+/m0/s1. The lowest BCUT2D eigenvalue weighted by Crippen LogP contribution is -2.39. The van der Waals surface area contributed by atoms with Crippen molar-refractivity contribution in [2.45, 2.75) is 31.1 Å². The Labute approximate surface area is 153 Å². The van der Waals surface area contributed by atoms with Gasteiger partial charge in [-0.3, -0.25) is 9.36 Å². The fourth-order valence-corrected chi connectivity index (χ4v) is 3.07. The van der Waals surface area contributed by atoms with Crippen molar-refractivity contribution in [1.82, 2.24) is 19.5 Å². The molecule has 1 fully saturated rings. The molecule has 3 aromatic rings. The van der Waals surface area contributed by atoms with Crippen LogP contribution in [0.4, 0.5) is 5.82 Å². The van der Waals surface area contributed by atoms with Crippen molar-refractivity contribution < 1.29 is 19.7 Å². The molecular formula is C17H18N6O4. The number of aromatic nitrogens is 4. The Balaban J connectivity index is 1.62. The molecule has 1 aliphatic heterocycles. The van der Waals surface area contributed by atoms with Gasteiger partial charge in [0.1, 0.15) is 18.5 Å². The third kappa shape index (κ3) is 3.10. The Morgan fingerprint density at radius 3 is 2.67 bits per heavy atom. The first-order chi connectivity index (χ1) is 13.1. The van der Waals surface area contributed by atoms with Crippen LogP contribution in [0.25, 0.3) is 11.2 Å². The second kappa shape index (κ2) is 6.91. The summed E-state index contributed by atoms with van der Waals surface area (Å²) < 4.78 is 6.88. The van der Waals surface area contributed by atoms with Gasteiger partial charge in [-0.15, -0.1) is 0 Å². The summed E-state index contributed by atoms with van der Waals surface area (Å²) >= 11 is 0. The number of rotatable bonds is 5. The molecule has 4 atom stereocenters. The van der Waals surface area contributed by atoms with Crippen molar-refractivity contribution in [3.8, 4) is 0 Å². The number of nitrogens with one attached hydrogen (secondary N) is 1. The number of anilines is 1. The second-order valence-electron chi connectivity index (χ2n) is 6.22. The number of aliphatic hydroxyl groups is 2. The van der Waals surface area contributed by atoms with Gasteiger partial charge in [0.05, 0.1) is 6.33 Å². The summed E-state index contributed by atoms with van der Waals surface area (Å²) in [6.07, 6.45) is -2.36. The highest BCUT2D eigenvalue weighted by Gasteiger charge is 2.47. The predicted octanol–water partition coefficient (Wildman–Crippen LogP) is -0.457. The van der Waals surface area contributed by atoms with E-state index in [0.29, 0.717) is 23.5 Å². The van der Waals surface area contributed by atoms with Crippen molar-refractivity contribution >= 4 is 22.9 Å². The average molecular weight is 370 g/mol. The SMILES string of the molecule is NC(=O)[C@H]1O[C@@H](n2cnc3c(NCc4ccccc4)ncnc32)[C@H](O)[C@@H]1O. The van der Waals surface area contributed by atoms with Crippen molar-refractivity contribution in [3.05, 3.63) is 48.5 Å². The monoisotopic (exact) mass is 370 g/mol. The van der Waals surface area contributed by atoms with Crippen molar-refractivity contribution in [2.75, 3.05) is 5.32 Å². The minimum absolute atomic E-state index is 0.391. The molecule has 0 aliphatic carbocycles. The molecule has 1 saturated heterocycles. The molecule has 1 amide bonds. The fourth-order valence-electron chi connectivity index (χ4n) is 3.07. The van der Waals surface area contributed by atoms with Crippen LogP contribution in [-0.4, -0.2) is 54.0 Å². The van der Waals surface area contributed by atoms with Crippen LogP contribution >= 0.6 is 0 Å². The van der Waals surface area contributed by atoms with Crippen LogP contribution in [0, 0.1) is 0 Å². The van der Waals surface area contributed by atoms with E-state index in [9.17, 15) is 15.0 Å².